The molecule has 0 aliphatic heterocycles. The predicted molar refractivity (Wildman–Crippen MR) is 121 cm³/mol. The van der Waals surface area contributed by atoms with Crippen molar-refractivity contribution in [2.24, 2.45) is 0 Å². The van der Waals surface area contributed by atoms with Crippen LogP contribution in [0.25, 0.3) is 10.9 Å². The first-order chi connectivity index (χ1) is 14.1. The summed E-state index contributed by atoms with van der Waals surface area (Å²) in [5.41, 5.74) is 0.452. The van der Waals surface area contributed by atoms with Crippen LogP contribution in [-0.2, 0) is 22.4 Å². The first-order valence-corrected chi connectivity index (χ1v) is 10.1. The zero-order chi connectivity index (χ0) is 22.3. The number of amides is 1. The summed E-state index contributed by atoms with van der Waals surface area (Å²) >= 11 is 0. The molecule has 2 N–H and O–H groups in total. The van der Waals surface area contributed by atoms with Gasteiger partial charge in [-0.3, -0.25) is 4.79 Å². The van der Waals surface area contributed by atoms with Gasteiger partial charge < -0.3 is 24.5 Å². The van der Waals surface area contributed by atoms with Crippen LogP contribution in [0.4, 0.5) is 4.79 Å². The predicted octanol–water partition coefficient (Wildman–Crippen LogP) is 2.55. The number of rotatable bonds is 9. The Morgan fingerprint density at radius 1 is 1.19 bits per heavy atom. The Labute approximate surface area is 204 Å². The fraction of sp³-hybridized carbons (Fsp3) is 0.500. The number of ether oxygens (including phenoxy) is 2. The zero-order valence-electron chi connectivity index (χ0n) is 18.0. The quantitative estimate of drug-likeness (QED) is 0.457. The Morgan fingerprint density at radius 3 is 2.52 bits per heavy atom. The zero-order valence-corrected chi connectivity index (χ0v) is 18.0. The van der Waals surface area contributed by atoms with Gasteiger partial charge in [-0.15, -0.1) is 0 Å². The summed E-state index contributed by atoms with van der Waals surface area (Å²) in [5.74, 6) is -1.22. The molecule has 1 heterocycles. The van der Waals surface area contributed by atoms with Crippen LogP contribution in [0.15, 0.2) is 29.2 Å². The van der Waals surface area contributed by atoms with Gasteiger partial charge in [0, 0.05) is 31.3 Å². The van der Waals surface area contributed by atoms with Crippen LogP contribution in [0.2, 0.25) is 0 Å². The van der Waals surface area contributed by atoms with Gasteiger partial charge in [0.05, 0.1) is 12.1 Å². The van der Waals surface area contributed by atoms with E-state index in [1.807, 2.05) is 19.1 Å². The van der Waals surface area contributed by atoms with Gasteiger partial charge in [0.2, 0.25) is 5.43 Å². The topological polar surface area (TPSA) is 107 Å². The molecule has 0 saturated carbocycles. The fourth-order valence-electron chi connectivity index (χ4n) is 3.03. The van der Waals surface area contributed by atoms with Crippen molar-refractivity contribution in [3.8, 4) is 0 Å². The minimum atomic E-state index is -1.22. The van der Waals surface area contributed by atoms with Gasteiger partial charge in [0.1, 0.15) is 11.2 Å². The molecule has 166 valence electrons. The number of hydrogen-bond acceptors (Lipinski definition) is 5. The first kappa shape index (κ1) is 27.2. The molecule has 2 aromatic rings. The summed E-state index contributed by atoms with van der Waals surface area (Å²) < 4.78 is 12.4. The van der Waals surface area contributed by atoms with E-state index >= 15 is 0 Å². The molecule has 1 amide bonds. The molecule has 1 aromatic carbocycles. The third kappa shape index (κ3) is 8.29. The molecular formula is C22H31N2NaO6. The van der Waals surface area contributed by atoms with Gasteiger partial charge in [0.15, 0.2) is 0 Å². The Bertz CT molecular complexity index is 965. The number of aromatic carboxylic acids is 1. The van der Waals surface area contributed by atoms with Crippen LogP contribution in [0.5, 0.6) is 0 Å². The number of alkyl carbamates (subject to hydrolysis) is 1. The molecule has 2 rings (SSSR count). The van der Waals surface area contributed by atoms with E-state index in [2.05, 4.69) is 5.32 Å². The molecule has 1 aromatic heterocycles. The number of aryl methyl sites for hydroxylation is 2. The second-order valence-corrected chi connectivity index (χ2v) is 7.96. The number of hydrogen-bond donors (Lipinski definition) is 2. The average molecular weight is 442 g/mol. The van der Waals surface area contributed by atoms with E-state index in [-0.39, 0.29) is 35.1 Å². The van der Waals surface area contributed by atoms with Crippen LogP contribution in [0.1, 0.15) is 50.0 Å². The average Bonchev–Trinajstić information content (AvgIpc) is 2.66. The van der Waals surface area contributed by atoms with Gasteiger partial charge in [-0.05, 0) is 58.2 Å². The van der Waals surface area contributed by atoms with Crippen LogP contribution < -0.4 is 10.7 Å². The standard InChI is InChI=1S/C22H30N2O6.Na.H/c1-5-24-14-17(20(26)27)19(25)16-13-15(8-9-18(16)24)7-6-11-29-12-10-23-21(28)30-22(2,3)4;;/h8-9,13-14H,5-7,10-12H2,1-4H3,(H,23,28)(H,26,27);;. The van der Waals surface area contributed by atoms with Crippen molar-refractivity contribution in [2.45, 2.75) is 52.7 Å². The van der Waals surface area contributed by atoms with Crippen molar-refractivity contribution >= 4 is 52.5 Å². The Morgan fingerprint density at radius 2 is 1.90 bits per heavy atom. The van der Waals surface area contributed by atoms with Crippen LogP contribution in [-0.4, -0.2) is 76.7 Å². The number of nitrogens with zero attached hydrogens (tertiary/aromatic N) is 1. The number of benzene rings is 1. The Balaban J connectivity index is 0.00000480. The van der Waals surface area contributed by atoms with Crippen molar-refractivity contribution in [1.29, 1.82) is 0 Å². The van der Waals surface area contributed by atoms with Crippen LogP contribution in [0.3, 0.4) is 0 Å². The maximum atomic E-state index is 12.5. The third-order valence-corrected chi connectivity index (χ3v) is 4.38. The van der Waals surface area contributed by atoms with E-state index in [9.17, 15) is 19.5 Å². The molecule has 0 aliphatic rings. The second kappa shape index (κ2) is 12.2. The molecule has 0 fully saturated rings. The summed E-state index contributed by atoms with van der Waals surface area (Å²) in [5, 5.41) is 12.3. The van der Waals surface area contributed by atoms with Gasteiger partial charge in [-0.2, -0.15) is 0 Å². The monoisotopic (exact) mass is 442 g/mol. The molecule has 0 radical (unpaired) electrons. The number of pyridine rings is 1. The van der Waals surface area contributed by atoms with Crippen LogP contribution in [0, 0.1) is 0 Å². The van der Waals surface area contributed by atoms with Gasteiger partial charge in [0.25, 0.3) is 0 Å². The summed E-state index contributed by atoms with van der Waals surface area (Å²) in [4.78, 5) is 35.4. The molecule has 0 saturated heterocycles. The number of carboxylic acids is 1. The van der Waals surface area contributed by atoms with E-state index < -0.39 is 23.1 Å². The number of carbonyl (C=O) groups excluding carboxylic acids is 1. The number of carboxylic acid groups (broad SMARTS) is 1. The Kier molecular flexibility index (Phi) is 10.7. The number of fused-ring (bicyclic) bond motifs is 1. The molecule has 9 heteroatoms. The molecule has 0 aliphatic carbocycles. The van der Waals surface area contributed by atoms with Crippen LogP contribution >= 0.6 is 0 Å². The second-order valence-electron chi connectivity index (χ2n) is 7.96. The maximum absolute atomic E-state index is 12.5. The van der Waals surface area contributed by atoms with Gasteiger partial charge >= 0.3 is 41.6 Å². The normalized spacial score (nSPS) is 11.1. The first-order valence-electron chi connectivity index (χ1n) is 10.1. The molecule has 0 unspecified atom stereocenters. The third-order valence-electron chi connectivity index (χ3n) is 4.38. The molecule has 31 heavy (non-hydrogen) atoms. The summed E-state index contributed by atoms with van der Waals surface area (Å²) in [6, 6.07) is 5.56. The molecule has 0 spiro atoms. The van der Waals surface area contributed by atoms with Crippen molar-refractivity contribution in [3.63, 3.8) is 0 Å². The summed E-state index contributed by atoms with van der Waals surface area (Å²) in [7, 11) is 0. The fourth-order valence-corrected chi connectivity index (χ4v) is 3.03. The van der Waals surface area contributed by atoms with E-state index in [0.717, 1.165) is 17.5 Å². The van der Waals surface area contributed by atoms with Gasteiger partial charge in [-0.25, -0.2) is 9.59 Å². The van der Waals surface area contributed by atoms with Crippen molar-refractivity contribution in [1.82, 2.24) is 9.88 Å². The summed E-state index contributed by atoms with van der Waals surface area (Å²) in [6.07, 6.45) is 2.35. The molecule has 8 nitrogen and oxygen atoms in total. The minimum absolute atomic E-state index is 0. The SMILES string of the molecule is CCn1cc(C(=O)O)c(=O)c2cc(CCCOCCNC(=O)OC(C)(C)C)ccc21.[NaH]. The number of aromatic nitrogens is 1. The molecule has 0 atom stereocenters. The van der Waals surface area contributed by atoms with Gasteiger partial charge in [-0.1, -0.05) is 6.07 Å². The number of nitrogens with one attached hydrogen (secondary N) is 1. The molecule has 0 bridgehead atoms. The van der Waals surface area contributed by atoms with E-state index in [1.54, 1.807) is 31.4 Å². The van der Waals surface area contributed by atoms with Crippen molar-refractivity contribution in [2.75, 3.05) is 19.8 Å². The van der Waals surface area contributed by atoms with E-state index in [1.165, 1.54) is 6.20 Å². The van der Waals surface area contributed by atoms with E-state index in [4.69, 9.17) is 9.47 Å². The number of carbonyl (C=O) groups is 2. The van der Waals surface area contributed by atoms with Crippen molar-refractivity contribution < 1.29 is 24.2 Å². The van der Waals surface area contributed by atoms with E-state index in [0.29, 0.717) is 38.1 Å². The molecular weight excluding hydrogens is 411 g/mol. The Hall–Kier alpha value is -1.87. The summed E-state index contributed by atoms with van der Waals surface area (Å²) in [6.45, 7) is 9.11. The van der Waals surface area contributed by atoms with Crippen molar-refractivity contribution in [3.05, 3.63) is 45.7 Å².